The van der Waals surface area contributed by atoms with Gasteiger partial charge in [0.1, 0.15) is 0 Å². The molecule has 0 saturated heterocycles. The molecule has 23 heavy (non-hydrogen) atoms. The molecule has 0 radical (unpaired) electrons. The van der Waals surface area contributed by atoms with Gasteiger partial charge < -0.3 is 4.98 Å². The summed E-state index contributed by atoms with van der Waals surface area (Å²) < 4.78 is 38.4. The average molecular weight is 317 g/mol. The molecule has 0 spiro atoms. The van der Waals surface area contributed by atoms with Gasteiger partial charge in [-0.1, -0.05) is 35.9 Å². The van der Waals surface area contributed by atoms with E-state index in [1.54, 1.807) is 19.1 Å². The Morgan fingerprint density at radius 3 is 2.26 bits per heavy atom. The van der Waals surface area contributed by atoms with Gasteiger partial charge in [-0.2, -0.15) is 13.2 Å². The average Bonchev–Trinajstić information content (AvgIpc) is 2.83. The molecule has 1 heterocycles. The largest absolute Gasteiger partial charge is 0.416 e. The van der Waals surface area contributed by atoms with E-state index in [2.05, 4.69) is 4.98 Å². The molecule has 0 aliphatic rings. The zero-order chi connectivity index (χ0) is 16.8. The molecule has 1 N–H and O–H groups in total. The number of hydrogen-bond donors (Lipinski definition) is 1. The maximum atomic E-state index is 12.8. The van der Waals surface area contributed by atoms with Crippen LogP contribution in [0, 0.1) is 13.8 Å². The van der Waals surface area contributed by atoms with E-state index < -0.39 is 11.7 Å². The third-order valence-corrected chi connectivity index (χ3v) is 3.93. The normalized spacial score (nSPS) is 11.9. The zero-order valence-corrected chi connectivity index (χ0v) is 12.6. The van der Waals surface area contributed by atoms with Gasteiger partial charge in [-0.25, -0.2) is 0 Å². The van der Waals surface area contributed by atoms with Gasteiger partial charge in [0, 0.05) is 16.5 Å². The second-order valence-corrected chi connectivity index (χ2v) is 5.58. The third-order valence-electron chi connectivity index (χ3n) is 3.93. The summed E-state index contributed by atoms with van der Waals surface area (Å²) >= 11 is 0. The first-order valence-corrected chi connectivity index (χ1v) is 7.08. The van der Waals surface area contributed by atoms with Crippen molar-refractivity contribution in [2.75, 3.05) is 0 Å². The van der Waals surface area contributed by atoms with Crippen LogP contribution in [-0.4, -0.2) is 10.8 Å². The van der Waals surface area contributed by atoms with Gasteiger partial charge in [0.25, 0.3) is 0 Å². The van der Waals surface area contributed by atoms with Gasteiger partial charge in [0.05, 0.1) is 11.3 Å². The van der Waals surface area contributed by atoms with Gasteiger partial charge in [-0.3, -0.25) is 4.79 Å². The molecule has 3 rings (SSSR count). The van der Waals surface area contributed by atoms with Gasteiger partial charge in [0.15, 0.2) is 0 Å². The van der Waals surface area contributed by atoms with Crippen molar-refractivity contribution in [2.24, 2.45) is 0 Å². The number of carbonyl (C=O) groups excluding carboxylic acids is 1. The summed E-state index contributed by atoms with van der Waals surface area (Å²) in [6.45, 7) is 3.65. The monoisotopic (exact) mass is 317 g/mol. The fourth-order valence-electron chi connectivity index (χ4n) is 2.59. The first-order valence-electron chi connectivity index (χ1n) is 7.08. The quantitative estimate of drug-likeness (QED) is 0.660. The van der Waals surface area contributed by atoms with Crippen LogP contribution in [0.5, 0.6) is 0 Å². The van der Waals surface area contributed by atoms with Gasteiger partial charge >= 0.3 is 6.18 Å². The van der Waals surface area contributed by atoms with E-state index in [1.807, 2.05) is 19.1 Å². The van der Waals surface area contributed by atoms with E-state index in [0.29, 0.717) is 27.7 Å². The Hall–Kier alpha value is -2.56. The van der Waals surface area contributed by atoms with Crippen molar-refractivity contribution in [3.05, 3.63) is 70.4 Å². The number of rotatable bonds is 2. The minimum absolute atomic E-state index is 0.229. The molecule has 0 aliphatic carbocycles. The van der Waals surface area contributed by atoms with Gasteiger partial charge in [-0.15, -0.1) is 0 Å². The van der Waals surface area contributed by atoms with Gasteiger partial charge in [0.2, 0.25) is 5.78 Å². The van der Waals surface area contributed by atoms with Crippen molar-refractivity contribution in [2.45, 2.75) is 20.0 Å². The lowest BCUT2D eigenvalue weighted by atomic mass is 10.0. The number of carbonyl (C=O) groups is 1. The highest BCUT2D eigenvalue weighted by Crippen LogP contribution is 2.33. The van der Waals surface area contributed by atoms with Gasteiger partial charge in [-0.05, 0) is 31.5 Å². The maximum absolute atomic E-state index is 12.8. The Morgan fingerprint density at radius 2 is 1.65 bits per heavy atom. The summed E-state index contributed by atoms with van der Waals surface area (Å²) in [6, 6.07) is 10.5. The SMILES string of the molecule is Cc1ccc(C(=O)c2[nH]c3cc(C(F)(F)F)ccc3c2C)cc1. The highest BCUT2D eigenvalue weighted by molar-refractivity contribution is 6.11. The number of ketones is 1. The van der Waals surface area contributed by atoms with E-state index >= 15 is 0 Å². The van der Waals surface area contributed by atoms with Crippen molar-refractivity contribution in [3.8, 4) is 0 Å². The Balaban J connectivity index is 2.09. The fraction of sp³-hybridized carbons (Fsp3) is 0.167. The number of alkyl halides is 3. The second-order valence-electron chi connectivity index (χ2n) is 5.58. The molecule has 0 aliphatic heterocycles. The number of hydrogen-bond acceptors (Lipinski definition) is 1. The Bertz CT molecular complexity index is 889. The lowest BCUT2D eigenvalue weighted by Gasteiger charge is -2.05. The number of halogens is 3. The van der Waals surface area contributed by atoms with E-state index in [-0.39, 0.29) is 5.78 Å². The number of fused-ring (bicyclic) bond motifs is 1. The Morgan fingerprint density at radius 1 is 1.00 bits per heavy atom. The first-order chi connectivity index (χ1) is 10.8. The van der Waals surface area contributed by atoms with E-state index in [9.17, 15) is 18.0 Å². The van der Waals surface area contributed by atoms with Crippen molar-refractivity contribution >= 4 is 16.7 Å². The number of aromatic amines is 1. The first kappa shape index (κ1) is 15.3. The number of H-pyrrole nitrogens is 1. The summed E-state index contributed by atoms with van der Waals surface area (Å²) in [5, 5.41) is 0.619. The summed E-state index contributed by atoms with van der Waals surface area (Å²) in [5.41, 5.74) is 2.09. The molecule has 0 saturated carbocycles. The molecular weight excluding hydrogens is 303 g/mol. The number of nitrogens with one attached hydrogen (secondary N) is 1. The summed E-state index contributed by atoms with van der Waals surface area (Å²) in [6.07, 6.45) is -4.41. The number of benzene rings is 2. The molecule has 0 amide bonds. The molecule has 2 nitrogen and oxygen atoms in total. The fourth-order valence-corrected chi connectivity index (χ4v) is 2.59. The molecule has 0 atom stereocenters. The predicted octanol–water partition coefficient (Wildman–Crippen LogP) is 5.03. The van der Waals surface area contributed by atoms with E-state index in [4.69, 9.17) is 0 Å². The summed E-state index contributed by atoms with van der Waals surface area (Å²) in [7, 11) is 0. The van der Waals surface area contributed by atoms with Crippen LogP contribution in [0.25, 0.3) is 10.9 Å². The lowest BCUT2D eigenvalue weighted by Crippen LogP contribution is -2.04. The minimum Gasteiger partial charge on any atom is -0.352 e. The lowest BCUT2D eigenvalue weighted by molar-refractivity contribution is -0.137. The molecule has 3 aromatic rings. The molecule has 1 aromatic heterocycles. The molecule has 118 valence electrons. The molecule has 0 fully saturated rings. The number of aryl methyl sites for hydroxylation is 2. The Kier molecular flexibility index (Phi) is 3.51. The van der Waals surface area contributed by atoms with Crippen LogP contribution in [-0.2, 0) is 6.18 Å². The highest BCUT2D eigenvalue weighted by atomic mass is 19.4. The van der Waals surface area contributed by atoms with Crippen LogP contribution in [0.4, 0.5) is 13.2 Å². The number of aromatic nitrogens is 1. The van der Waals surface area contributed by atoms with Crippen molar-refractivity contribution < 1.29 is 18.0 Å². The Labute approximate surface area is 130 Å². The molecule has 0 bridgehead atoms. The standard InChI is InChI=1S/C18H14F3NO/c1-10-3-5-12(6-4-10)17(23)16-11(2)14-8-7-13(18(19,20)21)9-15(14)22-16/h3-9,22H,1-2H3. The highest BCUT2D eigenvalue weighted by Gasteiger charge is 2.31. The zero-order valence-electron chi connectivity index (χ0n) is 12.6. The van der Waals surface area contributed by atoms with Crippen LogP contribution in [0.2, 0.25) is 0 Å². The smallest absolute Gasteiger partial charge is 0.352 e. The molecule has 2 aromatic carbocycles. The topological polar surface area (TPSA) is 32.9 Å². The molecule has 5 heteroatoms. The van der Waals surface area contributed by atoms with Crippen molar-refractivity contribution in [1.82, 2.24) is 4.98 Å². The summed E-state index contributed by atoms with van der Waals surface area (Å²) in [4.78, 5) is 15.4. The van der Waals surface area contributed by atoms with Crippen molar-refractivity contribution in [1.29, 1.82) is 0 Å². The van der Waals surface area contributed by atoms with E-state index in [1.165, 1.54) is 6.07 Å². The van der Waals surface area contributed by atoms with Crippen LogP contribution in [0.3, 0.4) is 0 Å². The minimum atomic E-state index is -4.41. The molecular formula is C18H14F3NO. The predicted molar refractivity (Wildman–Crippen MR) is 82.6 cm³/mol. The molecule has 0 unspecified atom stereocenters. The van der Waals surface area contributed by atoms with Crippen LogP contribution in [0.1, 0.15) is 32.7 Å². The van der Waals surface area contributed by atoms with Crippen LogP contribution >= 0.6 is 0 Å². The van der Waals surface area contributed by atoms with Crippen LogP contribution in [0.15, 0.2) is 42.5 Å². The second kappa shape index (κ2) is 5.26. The summed E-state index contributed by atoms with van der Waals surface area (Å²) in [5.74, 6) is -0.229. The van der Waals surface area contributed by atoms with Crippen molar-refractivity contribution in [3.63, 3.8) is 0 Å². The third kappa shape index (κ3) is 2.74. The van der Waals surface area contributed by atoms with Crippen LogP contribution < -0.4 is 0 Å². The van der Waals surface area contributed by atoms with E-state index in [0.717, 1.165) is 17.7 Å². The maximum Gasteiger partial charge on any atom is 0.416 e.